The lowest BCUT2D eigenvalue weighted by atomic mass is 10.3. The number of sulfonamides is 1. The SMILES string of the molecule is CC(C)OCCNS(=O)(=O)c1cc(N)cc(Cl)c1F. The highest BCUT2D eigenvalue weighted by atomic mass is 35.5. The third kappa shape index (κ3) is 4.61. The molecule has 0 saturated carbocycles. The highest BCUT2D eigenvalue weighted by Crippen LogP contribution is 2.25. The maximum absolute atomic E-state index is 13.7. The fourth-order valence-electron chi connectivity index (χ4n) is 1.33. The maximum atomic E-state index is 13.7. The van der Waals surface area contributed by atoms with Crippen LogP contribution in [-0.4, -0.2) is 27.7 Å². The van der Waals surface area contributed by atoms with Crippen LogP contribution < -0.4 is 10.5 Å². The van der Waals surface area contributed by atoms with Crippen molar-refractivity contribution in [2.75, 3.05) is 18.9 Å². The third-order valence-corrected chi connectivity index (χ3v) is 3.89. The van der Waals surface area contributed by atoms with E-state index >= 15 is 0 Å². The number of anilines is 1. The second-order valence-corrected chi connectivity index (χ2v) is 6.27. The summed E-state index contributed by atoms with van der Waals surface area (Å²) in [5.41, 5.74) is 5.53. The second kappa shape index (κ2) is 6.51. The summed E-state index contributed by atoms with van der Waals surface area (Å²) in [5.74, 6) is -1.02. The van der Waals surface area contributed by atoms with Gasteiger partial charge in [0.15, 0.2) is 5.82 Å². The summed E-state index contributed by atoms with van der Waals surface area (Å²) in [6.07, 6.45) is -0.0111. The van der Waals surface area contributed by atoms with Gasteiger partial charge in [0.2, 0.25) is 10.0 Å². The quantitative estimate of drug-likeness (QED) is 0.620. The molecule has 108 valence electrons. The first-order valence-electron chi connectivity index (χ1n) is 5.60. The van der Waals surface area contributed by atoms with Crippen molar-refractivity contribution in [3.63, 3.8) is 0 Å². The van der Waals surface area contributed by atoms with Crippen LogP contribution in [0.2, 0.25) is 5.02 Å². The van der Waals surface area contributed by atoms with Gasteiger partial charge in [-0.05, 0) is 26.0 Å². The van der Waals surface area contributed by atoms with Crippen LogP contribution in [0.3, 0.4) is 0 Å². The zero-order valence-electron chi connectivity index (χ0n) is 10.6. The molecule has 3 N–H and O–H groups in total. The summed E-state index contributed by atoms with van der Waals surface area (Å²) in [6, 6.07) is 2.17. The number of halogens is 2. The summed E-state index contributed by atoms with van der Waals surface area (Å²) in [6.45, 7) is 3.87. The highest BCUT2D eigenvalue weighted by molar-refractivity contribution is 7.89. The molecule has 5 nitrogen and oxygen atoms in total. The van der Waals surface area contributed by atoms with E-state index in [0.717, 1.165) is 12.1 Å². The van der Waals surface area contributed by atoms with Crippen LogP contribution in [0.15, 0.2) is 17.0 Å². The lowest BCUT2D eigenvalue weighted by molar-refractivity contribution is 0.0834. The molecule has 19 heavy (non-hydrogen) atoms. The summed E-state index contributed by atoms with van der Waals surface area (Å²) in [4.78, 5) is -0.568. The molecule has 0 bridgehead atoms. The van der Waals surface area contributed by atoms with Crippen molar-refractivity contribution in [2.45, 2.75) is 24.8 Å². The fraction of sp³-hybridized carbons (Fsp3) is 0.455. The summed E-state index contributed by atoms with van der Waals surface area (Å²) >= 11 is 5.56. The number of nitrogens with two attached hydrogens (primary N) is 1. The molecule has 0 amide bonds. The monoisotopic (exact) mass is 310 g/mol. The number of hydrogen-bond acceptors (Lipinski definition) is 4. The molecule has 0 heterocycles. The number of rotatable bonds is 6. The van der Waals surface area contributed by atoms with E-state index in [-0.39, 0.29) is 30.0 Å². The van der Waals surface area contributed by atoms with Crippen LogP contribution in [0.1, 0.15) is 13.8 Å². The Morgan fingerprint density at radius 3 is 2.68 bits per heavy atom. The molecule has 0 aromatic heterocycles. The Balaban J connectivity index is 2.83. The van der Waals surface area contributed by atoms with Crippen molar-refractivity contribution < 1.29 is 17.5 Å². The van der Waals surface area contributed by atoms with Gasteiger partial charge in [-0.15, -0.1) is 0 Å². The van der Waals surface area contributed by atoms with Gasteiger partial charge in [0.25, 0.3) is 0 Å². The van der Waals surface area contributed by atoms with Crippen molar-refractivity contribution >= 4 is 27.3 Å². The van der Waals surface area contributed by atoms with E-state index in [1.807, 2.05) is 13.8 Å². The molecule has 0 aliphatic heterocycles. The van der Waals surface area contributed by atoms with Crippen LogP contribution in [0.5, 0.6) is 0 Å². The molecule has 0 radical (unpaired) electrons. The number of hydrogen-bond donors (Lipinski definition) is 2. The minimum absolute atomic E-state index is 0.0111. The second-order valence-electron chi connectivity index (χ2n) is 4.13. The molecule has 0 unspecified atom stereocenters. The fourth-order valence-corrected chi connectivity index (χ4v) is 2.76. The topological polar surface area (TPSA) is 81.4 Å². The van der Waals surface area contributed by atoms with Crippen LogP contribution in [0.4, 0.5) is 10.1 Å². The van der Waals surface area contributed by atoms with Gasteiger partial charge in [0.05, 0.1) is 17.7 Å². The number of nitrogens with one attached hydrogen (secondary N) is 1. The van der Waals surface area contributed by atoms with Crippen molar-refractivity contribution in [1.29, 1.82) is 0 Å². The predicted molar refractivity (Wildman–Crippen MR) is 72.1 cm³/mol. The number of benzene rings is 1. The molecular formula is C11H16ClFN2O3S. The molecule has 0 fully saturated rings. The van der Waals surface area contributed by atoms with Crippen LogP contribution in [0, 0.1) is 5.82 Å². The predicted octanol–water partition coefficient (Wildman–Crippen LogP) is 1.76. The Hall–Kier alpha value is -0.890. The number of ether oxygens (including phenoxy) is 1. The van der Waals surface area contributed by atoms with Crippen molar-refractivity contribution in [2.24, 2.45) is 0 Å². The number of nitrogen functional groups attached to an aromatic ring is 1. The molecule has 0 aliphatic carbocycles. The van der Waals surface area contributed by atoms with E-state index in [9.17, 15) is 12.8 Å². The molecule has 8 heteroatoms. The molecule has 0 saturated heterocycles. The zero-order chi connectivity index (χ0) is 14.6. The minimum atomic E-state index is -4.00. The van der Waals surface area contributed by atoms with E-state index in [4.69, 9.17) is 22.1 Å². The first-order valence-corrected chi connectivity index (χ1v) is 7.46. The Bertz CT molecular complexity index is 549. The maximum Gasteiger partial charge on any atom is 0.243 e. The minimum Gasteiger partial charge on any atom is -0.399 e. The van der Waals surface area contributed by atoms with E-state index in [1.54, 1.807) is 0 Å². The van der Waals surface area contributed by atoms with E-state index in [1.165, 1.54) is 0 Å². The summed E-state index contributed by atoms with van der Waals surface area (Å²) in [7, 11) is -4.00. The molecule has 0 atom stereocenters. The summed E-state index contributed by atoms with van der Waals surface area (Å²) < 4.78 is 44.8. The summed E-state index contributed by atoms with van der Waals surface area (Å²) in [5, 5.41) is -0.334. The standard InChI is InChI=1S/C11H16ClFN2O3S/c1-7(2)18-4-3-15-19(16,17)10-6-8(14)5-9(12)11(10)13/h5-7,15H,3-4,14H2,1-2H3. The largest absolute Gasteiger partial charge is 0.399 e. The highest BCUT2D eigenvalue weighted by Gasteiger charge is 2.21. The molecular weight excluding hydrogens is 295 g/mol. The average Bonchev–Trinajstić information content (AvgIpc) is 2.29. The van der Waals surface area contributed by atoms with Gasteiger partial charge in [0.1, 0.15) is 4.90 Å². The van der Waals surface area contributed by atoms with Crippen molar-refractivity contribution in [3.05, 3.63) is 23.0 Å². The lowest BCUT2D eigenvalue weighted by Gasteiger charge is -2.11. The van der Waals surface area contributed by atoms with Gasteiger partial charge in [0, 0.05) is 12.2 Å². The average molecular weight is 311 g/mol. The van der Waals surface area contributed by atoms with Crippen molar-refractivity contribution in [1.82, 2.24) is 4.72 Å². The molecule has 0 aliphatic rings. The van der Waals surface area contributed by atoms with E-state index < -0.39 is 20.7 Å². The van der Waals surface area contributed by atoms with Gasteiger partial charge in [-0.1, -0.05) is 11.6 Å². The first kappa shape index (κ1) is 16.2. The van der Waals surface area contributed by atoms with Gasteiger partial charge in [-0.25, -0.2) is 17.5 Å². The zero-order valence-corrected chi connectivity index (χ0v) is 12.2. The Morgan fingerprint density at radius 1 is 1.47 bits per heavy atom. The Morgan fingerprint density at radius 2 is 2.11 bits per heavy atom. The van der Waals surface area contributed by atoms with Gasteiger partial charge in [-0.3, -0.25) is 0 Å². The van der Waals surface area contributed by atoms with E-state index in [0.29, 0.717) is 0 Å². The lowest BCUT2D eigenvalue weighted by Crippen LogP contribution is -2.29. The van der Waals surface area contributed by atoms with Gasteiger partial charge < -0.3 is 10.5 Å². The van der Waals surface area contributed by atoms with Gasteiger partial charge >= 0.3 is 0 Å². The Labute approximate surface area is 116 Å². The molecule has 1 aromatic rings. The molecule has 0 spiro atoms. The van der Waals surface area contributed by atoms with Crippen LogP contribution in [0.25, 0.3) is 0 Å². The normalized spacial score (nSPS) is 12.1. The molecule has 1 rings (SSSR count). The van der Waals surface area contributed by atoms with Crippen LogP contribution in [-0.2, 0) is 14.8 Å². The Kier molecular flexibility index (Phi) is 5.54. The third-order valence-electron chi connectivity index (χ3n) is 2.15. The smallest absolute Gasteiger partial charge is 0.243 e. The molecule has 1 aromatic carbocycles. The van der Waals surface area contributed by atoms with Gasteiger partial charge in [-0.2, -0.15) is 0 Å². The first-order chi connectivity index (χ1) is 8.74. The van der Waals surface area contributed by atoms with Crippen LogP contribution >= 0.6 is 11.6 Å². The van der Waals surface area contributed by atoms with Crippen molar-refractivity contribution in [3.8, 4) is 0 Å². The van der Waals surface area contributed by atoms with E-state index in [2.05, 4.69) is 4.72 Å².